The third kappa shape index (κ3) is 2.71. The summed E-state index contributed by atoms with van der Waals surface area (Å²) in [5, 5.41) is 3.95. The molecule has 114 valence electrons. The van der Waals surface area contributed by atoms with Gasteiger partial charge in [0.15, 0.2) is 0 Å². The fourth-order valence-corrected chi connectivity index (χ4v) is 3.62. The minimum atomic E-state index is 0.598. The van der Waals surface area contributed by atoms with Crippen LogP contribution in [0.1, 0.15) is 24.3 Å². The minimum absolute atomic E-state index is 0.598. The molecule has 0 saturated carbocycles. The summed E-state index contributed by atoms with van der Waals surface area (Å²) >= 11 is 0. The van der Waals surface area contributed by atoms with Crippen LogP contribution in [0.15, 0.2) is 34.9 Å². The molecule has 22 heavy (non-hydrogen) atoms. The highest BCUT2D eigenvalue weighted by Crippen LogP contribution is 2.33. The van der Waals surface area contributed by atoms with E-state index in [1.807, 2.05) is 6.92 Å². The number of nitrogens with zero attached hydrogens (tertiary/aromatic N) is 3. The molecule has 5 rings (SSSR count). The molecular weight excluding hydrogens is 274 g/mol. The van der Waals surface area contributed by atoms with Gasteiger partial charge in [-0.05, 0) is 43.3 Å². The van der Waals surface area contributed by atoms with E-state index in [4.69, 9.17) is 4.52 Å². The van der Waals surface area contributed by atoms with Crippen LogP contribution in [0.4, 0.5) is 0 Å². The summed E-state index contributed by atoms with van der Waals surface area (Å²) in [6.45, 7) is 5.64. The van der Waals surface area contributed by atoms with Crippen LogP contribution in [-0.2, 0) is 0 Å². The number of hydrogen-bond acceptors (Lipinski definition) is 4. The third-order valence-corrected chi connectivity index (χ3v) is 4.94. The van der Waals surface area contributed by atoms with Crippen molar-refractivity contribution in [2.24, 2.45) is 11.8 Å². The number of hydrogen-bond donors (Lipinski definition) is 0. The van der Waals surface area contributed by atoms with Crippen molar-refractivity contribution in [3.63, 3.8) is 0 Å². The molecule has 1 unspecified atom stereocenters. The normalized spacial score (nSPS) is 27.6. The molecule has 3 aliphatic rings. The number of aromatic nitrogens is 2. The summed E-state index contributed by atoms with van der Waals surface area (Å²) in [4.78, 5) is 6.85. The lowest BCUT2D eigenvalue weighted by molar-refractivity contribution is 0.0740. The lowest BCUT2D eigenvalue weighted by atomic mass is 9.79. The molecule has 0 N–H and O–H groups in total. The van der Waals surface area contributed by atoms with Gasteiger partial charge in [0.2, 0.25) is 11.7 Å². The van der Waals surface area contributed by atoms with Gasteiger partial charge >= 0.3 is 0 Å². The predicted molar refractivity (Wildman–Crippen MR) is 86.2 cm³/mol. The highest BCUT2D eigenvalue weighted by molar-refractivity contribution is 5.59. The second kappa shape index (κ2) is 5.69. The first-order valence-corrected chi connectivity index (χ1v) is 8.09. The van der Waals surface area contributed by atoms with Crippen LogP contribution >= 0.6 is 0 Å². The maximum Gasteiger partial charge on any atom is 0.223 e. The van der Waals surface area contributed by atoms with E-state index >= 15 is 0 Å². The van der Waals surface area contributed by atoms with E-state index in [1.54, 1.807) is 0 Å². The Morgan fingerprint density at radius 1 is 1.18 bits per heavy atom. The Labute approximate surface area is 130 Å². The van der Waals surface area contributed by atoms with Gasteiger partial charge in [-0.3, -0.25) is 0 Å². The van der Waals surface area contributed by atoms with Crippen molar-refractivity contribution in [3.8, 4) is 11.4 Å². The molecule has 3 fully saturated rings. The quantitative estimate of drug-likeness (QED) is 0.870. The number of rotatable bonds is 3. The zero-order valence-electron chi connectivity index (χ0n) is 12.9. The van der Waals surface area contributed by atoms with Crippen molar-refractivity contribution >= 4 is 6.08 Å². The Morgan fingerprint density at radius 2 is 1.95 bits per heavy atom. The second-order valence-electron chi connectivity index (χ2n) is 6.42. The largest absolute Gasteiger partial charge is 0.339 e. The first-order valence-electron chi connectivity index (χ1n) is 8.09. The summed E-state index contributed by atoms with van der Waals surface area (Å²) in [7, 11) is 0. The fourth-order valence-electron chi connectivity index (χ4n) is 3.62. The second-order valence-corrected chi connectivity index (χ2v) is 6.42. The van der Waals surface area contributed by atoms with Crippen LogP contribution in [0, 0.1) is 18.8 Å². The molecule has 0 spiro atoms. The van der Waals surface area contributed by atoms with Crippen LogP contribution in [0.3, 0.4) is 0 Å². The zero-order valence-corrected chi connectivity index (χ0v) is 12.9. The lowest BCUT2D eigenvalue weighted by Gasteiger charge is -2.43. The molecule has 4 heterocycles. The Balaban J connectivity index is 1.46. The molecule has 1 aromatic heterocycles. The molecule has 0 amide bonds. The van der Waals surface area contributed by atoms with Gasteiger partial charge in [-0.2, -0.15) is 4.98 Å². The van der Waals surface area contributed by atoms with Gasteiger partial charge in [0.05, 0.1) is 0 Å². The number of piperidine rings is 3. The Morgan fingerprint density at radius 3 is 2.55 bits per heavy atom. The topological polar surface area (TPSA) is 42.2 Å². The molecule has 1 atom stereocenters. The first-order chi connectivity index (χ1) is 10.8. The van der Waals surface area contributed by atoms with Crippen molar-refractivity contribution in [3.05, 3.63) is 41.8 Å². The molecule has 1 aromatic carbocycles. The predicted octanol–water partition coefficient (Wildman–Crippen LogP) is 3.40. The molecule has 0 radical (unpaired) electrons. The van der Waals surface area contributed by atoms with Gasteiger partial charge in [-0.1, -0.05) is 41.6 Å². The van der Waals surface area contributed by atoms with Crippen LogP contribution < -0.4 is 0 Å². The average molecular weight is 295 g/mol. The molecule has 2 bridgehead atoms. The first kappa shape index (κ1) is 13.7. The molecule has 3 aliphatic heterocycles. The summed E-state index contributed by atoms with van der Waals surface area (Å²) < 4.78 is 5.02. The highest BCUT2D eigenvalue weighted by atomic mass is 16.5. The van der Waals surface area contributed by atoms with Crippen molar-refractivity contribution in [2.45, 2.75) is 19.8 Å². The van der Waals surface area contributed by atoms with Gasteiger partial charge in [0.1, 0.15) is 0 Å². The van der Waals surface area contributed by atoms with Gasteiger partial charge in [0.25, 0.3) is 0 Å². The smallest absolute Gasteiger partial charge is 0.223 e. The van der Waals surface area contributed by atoms with Crippen molar-refractivity contribution in [2.75, 3.05) is 19.6 Å². The van der Waals surface area contributed by atoms with Gasteiger partial charge in [-0.15, -0.1) is 0 Å². The van der Waals surface area contributed by atoms with E-state index in [9.17, 15) is 0 Å². The summed E-state index contributed by atoms with van der Waals surface area (Å²) in [5.41, 5.74) is 2.23. The molecule has 4 nitrogen and oxygen atoms in total. The molecule has 4 heteroatoms. The molecule has 2 aromatic rings. The van der Waals surface area contributed by atoms with E-state index in [1.165, 1.54) is 38.0 Å². The van der Waals surface area contributed by atoms with Crippen LogP contribution in [0.25, 0.3) is 17.5 Å². The molecular formula is C18H21N3O. The average Bonchev–Trinajstić information content (AvgIpc) is 3.01. The number of benzene rings is 1. The summed E-state index contributed by atoms with van der Waals surface area (Å²) in [6, 6.07) is 8.36. The standard InChI is InChI=1S/C18H21N3O/c1-13-19-18(20-22-13)16-5-2-14(3-6-16)4-7-17-12-21-10-8-15(17)9-11-21/h2-7,15,17H,8-12H2,1H3/b7-4+. The van der Waals surface area contributed by atoms with Crippen LogP contribution in [0.2, 0.25) is 0 Å². The highest BCUT2D eigenvalue weighted by Gasteiger charge is 2.32. The SMILES string of the molecule is Cc1nc(-c2ccc(/C=C/C3CN4CCC3CC4)cc2)no1. The van der Waals surface area contributed by atoms with Crippen LogP contribution in [-0.4, -0.2) is 34.7 Å². The third-order valence-electron chi connectivity index (χ3n) is 4.94. The zero-order chi connectivity index (χ0) is 14.9. The summed E-state index contributed by atoms with van der Waals surface area (Å²) in [5.74, 6) is 2.87. The van der Waals surface area contributed by atoms with E-state index in [0.29, 0.717) is 11.7 Å². The van der Waals surface area contributed by atoms with Crippen molar-refractivity contribution in [1.82, 2.24) is 15.0 Å². The minimum Gasteiger partial charge on any atom is -0.339 e. The van der Waals surface area contributed by atoms with Gasteiger partial charge in [-0.25, -0.2) is 0 Å². The Bertz CT molecular complexity index is 666. The maximum absolute atomic E-state index is 5.02. The van der Waals surface area contributed by atoms with E-state index < -0.39 is 0 Å². The maximum atomic E-state index is 5.02. The Hall–Kier alpha value is -1.94. The van der Waals surface area contributed by atoms with Crippen molar-refractivity contribution < 1.29 is 4.52 Å². The van der Waals surface area contributed by atoms with E-state index in [-0.39, 0.29) is 0 Å². The monoisotopic (exact) mass is 295 g/mol. The summed E-state index contributed by atoms with van der Waals surface area (Å²) in [6.07, 6.45) is 7.40. The lowest BCUT2D eigenvalue weighted by Crippen LogP contribution is -2.46. The Kier molecular flexibility index (Phi) is 3.54. The van der Waals surface area contributed by atoms with Crippen molar-refractivity contribution in [1.29, 1.82) is 0 Å². The van der Waals surface area contributed by atoms with Crippen LogP contribution in [0.5, 0.6) is 0 Å². The number of fused-ring (bicyclic) bond motifs is 3. The molecule has 3 saturated heterocycles. The van der Waals surface area contributed by atoms with Gasteiger partial charge < -0.3 is 9.42 Å². The fraction of sp³-hybridized carbons (Fsp3) is 0.444. The number of aryl methyl sites for hydroxylation is 1. The van der Waals surface area contributed by atoms with E-state index in [0.717, 1.165) is 17.4 Å². The van der Waals surface area contributed by atoms with E-state index in [2.05, 4.69) is 51.5 Å². The molecule has 0 aliphatic carbocycles. The van der Waals surface area contributed by atoms with Gasteiger partial charge in [0, 0.05) is 19.0 Å².